The Morgan fingerprint density at radius 2 is 1.83 bits per heavy atom. The average Bonchev–Trinajstić information content (AvgIpc) is 2.09. The number of benzene rings is 1. The van der Waals surface area contributed by atoms with Crippen LogP contribution in [0.4, 0.5) is 0 Å². The second-order valence-corrected chi connectivity index (χ2v) is 2.14. The average molecular weight is 154 g/mol. The molecule has 0 aromatic heterocycles. The van der Waals surface area contributed by atoms with E-state index < -0.39 is 0 Å². The monoisotopic (exact) mass is 154 g/mol. The number of amidine groups is 1. The van der Waals surface area contributed by atoms with Crippen molar-refractivity contribution in [3.05, 3.63) is 41.2 Å². The maximum absolute atomic E-state index is 4.03. The molecule has 0 atom stereocenters. The molecule has 0 radical (unpaired) electrons. The van der Waals surface area contributed by atoms with E-state index in [1.54, 1.807) is 14.1 Å². The van der Waals surface area contributed by atoms with Crippen LogP contribution in [0.1, 0.15) is 5.56 Å². The Morgan fingerprint density at radius 3 is 2.25 bits per heavy atom. The summed E-state index contributed by atoms with van der Waals surface area (Å²) >= 11 is 0. The summed E-state index contributed by atoms with van der Waals surface area (Å²) in [6, 6.07) is 9.93. The van der Waals surface area contributed by atoms with Gasteiger partial charge in [-0.1, -0.05) is 50.3 Å². The van der Waals surface area contributed by atoms with Crippen molar-refractivity contribution >= 4 is 5.84 Å². The molecule has 58 valence electrons. The molecule has 2 nitrogen and oxygen atoms in total. The number of nitrogens with zero attached hydrogens (tertiary/aromatic N) is 2. The fourth-order valence-electron chi connectivity index (χ4n) is 0.945. The number of hydrogen-bond acceptors (Lipinski definition) is 1. The van der Waals surface area contributed by atoms with E-state index in [9.17, 15) is 0 Å². The summed E-state index contributed by atoms with van der Waals surface area (Å²) in [6.07, 6.45) is 0. The number of aliphatic imine (C=N–C) groups is 1. The molecular weight excluding hydrogens is 143 g/mol. The Morgan fingerprint density at radius 1 is 1.25 bits per heavy atom. The summed E-state index contributed by atoms with van der Waals surface area (Å²) in [5.74, 6) is 0.797. The summed E-state index contributed by atoms with van der Waals surface area (Å²) in [5.41, 5.74) is 1.07. The van der Waals surface area contributed by atoms with Crippen molar-refractivity contribution in [3.63, 3.8) is 0 Å². The second kappa shape index (κ2) is 5.88. The van der Waals surface area contributed by atoms with E-state index in [-0.39, 0.29) is 18.9 Å². The molecule has 0 saturated carbocycles. The molecule has 3 heteroatoms. The van der Waals surface area contributed by atoms with E-state index in [0.29, 0.717) is 0 Å². The third-order valence-electron chi connectivity index (χ3n) is 1.46. The van der Waals surface area contributed by atoms with Gasteiger partial charge in [0.05, 0.1) is 0 Å². The molecule has 0 aliphatic heterocycles. The van der Waals surface area contributed by atoms with Crippen LogP contribution in [0.3, 0.4) is 0 Å². The molecule has 1 aromatic rings. The van der Waals surface area contributed by atoms with Crippen molar-refractivity contribution in [1.29, 1.82) is 0 Å². The fourth-order valence-corrected chi connectivity index (χ4v) is 0.945. The molecule has 0 N–H and O–H groups in total. The normalized spacial score (nSPS) is 10.3. The smallest absolute Gasteiger partial charge is 0.469 e. The van der Waals surface area contributed by atoms with Crippen LogP contribution in [0, 0.1) is 0 Å². The van der Waals surface area contributed by atoms with Gasteiger partial charge in [-0.05, 0) is 5.56 Å². The van der Waals surface area contributed by atoms with Crippen LogP contribution >= 0.6 is 0 Å². The van der Waals surface area contributed by atoms with Gasteiger partial charge in [-0.3, -0.25) is 0 Å². The van der Waals surface area contributed by atoms with E-state index in [0.717, 1.165) is 11.4 Å². The molecule has 1 rings (SSSR count). The van der Waals surface area contributed by atoms with E-state index in [1.807, 2.05) is 30.3 Å². The van der Waals surface area contributed by atoms with Gasteiger partial charge in [0.25, 0.3) is 0 Å². The zero-order valence-corrected chi connectivity index (χ0v) is 7.78. The maximum Gasteiger partial charge on any atom is 1.00 e. The fraction of sp³-hybridized carbons (Fsp3) is 0.222. The molecule has 0 unspecified atom stereocenters. The molecule has 1 aromatic carbocycles. The Balaban J connectivity index is 0.00000121. The van der Waals surface area contributed by atoms with Crippen molar-refractivity contribution in [1.82, 2.24) is 0 Å². The van der Waals surface area contributed by atoms with Gasteiger partial charge >= 0.3 is 18.9 Å². The molecule has 0 heterocycles. The van der Waals surface area contributed by atoms with Crippen molar-refractivity contribution in [3.8, 4) is 0 Å². The number of hydrogen-bond donors (Lipinski definition) is 0. The Labute approximate surface area is 85.3 Å². The van der Waals surface area contributed by atoms with Gasteiger partial charge in [-0.2, -0.15) is 0 Å². The van der Waals surface area contributed by atoms with Crippen LogP contribution in [0.15, 0.2) is 35.3 Å². The van der Waals surface area contributed by atoms with E-state index in [4.69, 9.17) is 0 Å². The first-order valence-corrected chi connectivity index (χ1v) is 3.50. The van der Waals surface area contributed by atoms with Crippen LogP contribution in [0.25, 0.3) is 5.32 Å². The van der Waals surface area contributed by atoms with Crippen LogP contribution < -0.4 is 18.9 Å². The zero-order chi connectivity index (χ0) is 8.10. The van der Waals surface area contributed by atoms with Crippen molar-refractivity contribution < 1.29 is 18.9 Å². The summed E-state index contributed by atoms with van der Waals surface area (Å²) in [4.78, 5) is 4.03. The molecule has 0 aliphatic rings. The first kappa shape index (κ1) is 11.3. The zero-order valence-electron chi connectivity index (χ0n) is 7.78. The molecule has 12 heavy (non-hydrogen) atoms. The van der Waals surface area contributed by atoms with Gasteiger partial charge in [-0.25, -0.2) is 0 Å². The minimum absolute atomic E-state index is 0. The van der Waals surface area contributed by atoms with Crippen LogP contribution in [0.5, 0.6) is 0 Å². The SMILES string of the molecule is CN=C([N-]C)c1ccccc1.[Li+]. The van der Waals surface area contributed by atoms with E-state index in [2.05, 4.69) is 10.3 Å². The minimum Gasteiger partial charge on any atom is -0.469 e. The van der Waals surface area contributed by atoms with Crippen molar-refractivity contribution in [2.45, 2.75) is 0 Å². The molecule has 0 amide bonds. The number of rotatable bonds is 1. The summed E-state index contributed by atoms with van der Waals surface area (Å²) in [5, 5.41) is 4.03. The van der Waals surface area contributed by atoms with E-state index >= 15 is 0 Å². The summed E-state index contributed by atoms with van der Waals surface area (Å²) in [6.45, 7) is 0. The minimum atomic E-state index is 0. The first-order chi connectivity index (χ1) is 5.38. The third kappa shape index (κ3) is 2.73. The van der Waals surface area contributed by atoms with E-state index in [1.165, 1.54) is 0 Å². The van der Waals surface area contributed by atoms with Gasteiger partial charge in [0.2, 0.25) is 0 Å². The predicted octanol–water partition coefficient (Wildman–Crippen LogP) is -0.929. The van der Waals surface area contributed by atoms with Crippen molar-refractivity contribution in [2.75, 3.05) is 14.1 Å². The largest absolute Gasteiger partial charge is 1.00 e. The topological polar surface area (TPSA) is 26.5 Å². The Kier molecular flexibility index (Phi) is 5.53. The predicted molar refractivity (Wildman–Crippen MR) is 48.2 cm³/mol. The molecule has 0 aliphatic carbocycles. The Hall–Kier alpha value is -0.713. The van der Waals surface area contributed by atoms with Gasteiger partial charge in [0.1, 0.15) is 0 Å². The molecule has 0 fully saturated rings. The van der Waals surface area contributed by atoms with Gasteiger partial charge < -0.3 is 10.3 Å². The molecule has 0 bridgehead atoms. The first-order valence-electron chi connectivity index (χ1n) is 3.50. The standard InChI is InChI=1S/C9H11N2.Li/c1-10-9(11-2)8-6-4-3-5-7-8;/h3-7H,1-2H3;/q-1;+1. The van der Waals surface area contributed by atoms with Crippen molar-refractivity contribution in [2.24, 2.45) is 4.99 Å². The van der Waals surface area contributed by atoms with Crippen LogP contribution in [0.2, 0.25) is 0 Å². The molecular formula is C9H11LiN2. The second-order valence-electron chi connectivity index (χ2n) is 2.14. The van der Waals surface area contributed by atoms with Gasteiger partial charge in [0.15, 0.2) is 0 Å². The maximum atomic E-state index is 4.03. The third-order valence-corrected chi connectivity index (χ3v) is 1.46. The molecule has 0 spiro atoms. The Bertz CT molecular complexity index is 244. The van der Waals surface area contributed by atoms with Crippen LogP contribution in [-0.4, -0.2) is 19.9 Å². The summed E-state index contributed by atoms with van der Waals surface area (Å²) in [7, 11) is 3.49. The van der Waals surface area contributed by atoms with Gasteiger partial charge in [-0.15, -0.1) is 0 Å². The summed E-state index contributed by atoms with van der Waals surface area (Å²) < 4.78 is 0. The van der Waals surface area contributed by atoms with Gasteiger partial charge in [0, 0.05) is 0 Å². The quantitative estimate of drug-likeness (QED) is 0.284. The van der Waals surface area contributed by atoms with Crippen LogP contribution in [-0.2, 0) is 0 Å². The molecule has 0 saturated heterocycles.